The molecule has 288 valence electrons. The maximum absolute atomic E-state index is 13.2. The van der Waals surface area contributed by atoms with Crippen LogP contribution in [-0.4, -0.2) is 79.6 Å². The lowest BCUT2D eigenvalue weighted by Crippen LogP contribution is -2.42. The summed E-state index contributed by atoms with van der Waals surface area (Å²) in [5.74, 6) is 1.37. The molecule has 5 rings (SSSR count). The topological polar surface area (TPSA) is 157 Å². The van der Waals surface area contributed by atoms with E-state index in [2.05, 4.69) is 20.7 Å². The van der Waals surface area contributed by atoms with E-state index in [9.17, 15) is 14.9 Å². The number of rotatable bonds is 18. The van der Waals surface area contributed by atoms with Crippen LogP contribution in [0.2, 0.25) is 0 Å². The molecule has 0 spiro atoms. The van der Waals surface area contributed by atoms with E-state index in [1.54, 1.807) is 14.2 Å². The van der Waals surface area contributed by atoms with Gasteiger partial charge < -0.3 is 37.7 Å². The molecule has 0 bridgehead atoms. The lowest BCUT2D eigenvalue weighted by molar-refractivity contribution is -0.0808. The molecule has 1 aliphatic rings. The van der Waals surface area contributed by atoms with E-state index in [1.165, 1.54) is 13.3 Å². The van der Waals surface area contributed by atoms with Gasteiger partial charge in [0, 0.05) is 25.4 Å². The molecule has 2 heterocycles. The Morgan fingerprint density at radius 2 is 1.43 bits per heavy atom. The number of nitrogens with one attached hydrogen (secondary N) is 2. The summed E-state index contributed by atoms with van der Waals surface area (Å²) in [6, 6.07) is 27.4. The van der Waals surface area contributed by atoms with E-state index in [1.807, 2.05) is 107 Å². The minimum absolute atomic E-state index is 0.0185. The highest BCUT2D eigenvalue weighted by Crippen LogP contribution is 2.51. The molecule has 1 aromatic heterocycles. The third kappa shape index (κ3) is 8.94. The largest absolute Gasteiger partial charge is 0.497 e. The summed E-state index contributed by atoms with van der Waals surface area (Å²) in [7, 11) is 2.98. The first-order valence-corrected chi connectivity index (χ1v) is 18.9. The standard InChI is InChI=1S/C40H49N4O9P/c1-26(2)44(27(3)4)54(51-23-11-22-41)53-36-34(52-35(37(36)49-7)33-24-42-39(46)43-38(33)45)25-50-40(28-12-9-8-10-13-28,29-14-18-31(47-5)19-15-29)30-16-20-32(48-6)21-17-30/h8-10,12-21,24,26-27,34-37H,11,23,25H2,1-7H3,(H2,42,43,45,46)/t34-,35+,36?,37-,54?/m1/s1. The maximum atomic E-state index is 13.2. The lowest BCUT2D eigenvalue weighted by Gasteiger charge is -2.39. The molecule has 0 aliphatic carbocycles. The molecular weight excluding hydrogens is 711 g/mol. The SMILES string of the molecule is COc1ccc(C(OC[C@H]2O[C@@H](c3c[nH]c(=O)[nH]c3=O)[C@@H](OC)C2OP(OCCC#N)N(C(C)C)C(C)C)(c2ccccc2)c2ccc(OC)cc2)cc1. The van der Waals surface area contributed by atoms with Crippen LogP contribution in [0.4, 0.5) is 0 Å². The van der Waals surface area contributed by atoms with Crippen LogP contribution < -0.4 is 20.7 Å². The monoisotopic (exact) mass is 760 g/mol. The second kappa shape index (κ2) is 18.8. The number of hydrogen-bond donors (Lipinski definition) is 2. The number of hydrogen-bond acceptors (Lipinski definition) is 11. The number of aromatic amines is 2. The Morgan fingerprint density at radius 3 is 1.93 bits per heavy atom. The summed E-state index contributed by atoms with van der Waals surface area (Å²) in [6.45, 7) is 8.30. The van der Waals surface area contributed by atoms with Gasteiger partial charge >= 0.3 is 5.69 Å². The van der Waals surface area contributed by atoms with Crippen LogP contribution in [0.25, 0.3) is 0 Å². The molecule has 0 amide bonds. The number of H-pyrrole nitrogens is 2. The van der Waals surface area contributed by atoms with Gasteiger partial charge in [-0.15, -0.1) is 0 Å². The van der Waals surface area contributed by atoms with Crippen LogP contribution in [0.15, 0.2) is 94.6 Å². The van der Waals surface area contributed by atoms with Crippen LogP contribution in [0.5, 0.6) is 11.5 Å². The van der Waals surface area contributed by atoms with Crippen molar-refractivity contribution in [3.8, 4) is 17.6 Å². The Labute approximate surface area is 317 Å². The number of nitriles is 1. The molecule has 54 heavy (non-hydrogen) atoms. The highest BCUT2D eigenvalue weighted by atomic mass is 31.2. The van der Waals surface area contributed by atoms with Gasteiger partial charge in [0.1, 0.15) is 41.5 Å². The molecule has 3 aromatic carbocycles. The minimum atomic E-state index is -1.77. The summed E-state index contributed by atoms with van der Waals surface area (Å²) in [4.78, 5) is 30.1. The van der Waals surface area contributed by atoms with E-state index in [4.69, 9.17) is 32.7 Å². The summed E-state index contributed by atoms with van der Waals surface area (Å²) >= 11 is 0. The molecule has 4 aromatic rings. The minimum Gasteiger partial charge on any atom is -0.497 e. The molecule has 0 radical (unpaired) electrons. The number of benzene rings is 3. The van der Waals surface area contributed by atoms with Crippen LogP contribution in [0.1, 0.15) is 62.5 Å². The van der Waals surface area contributed by atoms with Crippen LogP contribution in [0.3, 0.4) is 0 Å². The van der Waals surface area contributed by atoms with Crippen LogP contribution >= 0.6 is 8.53 Å². The van der Waals surface area contributed by atoms with Gasteiger partial charge in [-0.25, -0.2) is 9.46 Å². The van der Waals surface area contributed by atoms with Crippen molar-refractivity contribution in [2.24, 2.45) is 0 Å². The molecule has 1 fully saturated rings. The summed E-state index contributed by atoms with van der Waals surface area (Å²) in [6.07, 6.45) is -1.93. The fraction of sp³-hybridized carbons (Fsp3) is 0.425. The molecule has 1 aliphatic heterocycles. The normalized spacial score (nSPS) is 19.3. The number of methoxy groups -OCH3 is 3. The second-order valence-corrected chi connectivity index (χ2v) is 14.7. The number of ether oxygens (including phenoxy) is 5. The van der Waals surface area contributed by atoms with Crippen molar-refractivity contribution in [3.05, 3.63) is 128 Å². The van der Waals surface area contributed by atoms with Gasteiger partial charge in [-0.05, 0) is 68.7 Å². The molecule has 2 unspecified atom stereocenters. The van der Waals surface area contributed by atoms with Gasteiger partial charge in [0.05, 0.1) is 45.5 Å². The molecule has 1 saturated heterocycles. The average Bonchev–Trinajstić information content (AvgIpc) is 3.51. The third-order valence-corrected chi connectivity index (χ3v) is 11.4. The Morgan fingerprint density at radius 1 is 0.852 bits per heavy atom. The van der Waals surface area contributed by atoms with Crippen molar-refractivity contribution >= 4 is 8.53 Å². The summed E-state index contributed by atoms with van der Waals surface area (Å²) in [5, 5.41) is 9.33. The zero-order valence-corrected chi connectivity index (χ0v) is 32.6. The van der Waals surface area contributed by atoms with Crippen molar-refractivity contribution in [2.45, 2.75) is 76.2 Å². The average molecular weight is 761 g/mol. The van der Waals surface area contributed by atoms with Crippen LogP contribution in [-0.2, 0) is 28.9 Å². The highest BCUT2D eigenvalue weighted by molar-refractivity contribution is 7.44. The third-order valence-electron chi connectivity index (χ3n) is 9.25. The summed E-state index contributed by atoms with van der Waals surface area (Å²) in [5.41, 5.74) is 0.213. The van der Waals surface area contributed by atoms with Gasteiger partial charge in [0.2, 0.25) is 0 Å². The predicted octanol–water partition coefficient (Wildman–Crippen LogP) is 6.21. The van der Waals surface area contributed by atoms with E-state index in [0.717, 1.165) is 16.7 Å². The summed E-state index contributed by atoms with van der Waals surface area (Å²) < 4.78 is 46.4. The maximum Gasteiger partial charge on any atom is 0.325 e. The van der Waals surface area contributed by atoms with Crippen molar-refractivity contribution in [1.82, 2.24) is 14.6 Å². The fourth-order valence-electron chi connectivity index (χ4n) is 6.81. The van der Waals surface area contributed by atoms with Gasteiger partial charge in [0.15, 0.2) is 0 Å². The Kier molecular flexibility index (Phi) is 14.2. The van der Waals surface area contributed by atoms with Gasteiger partial charge in [0.25, 0.3) is 14.1 Å². The molecule has 13 nitrogen and oxygen atoms in total. The van der Waals surface area contributed by atoms with Gasteiger partial charge in [-0.2, -0.15) is 5.26 Å². The van der Waals surface area contributed by atoms with Crippen molar-refractivity contribution in [3.63, 3.8) is 0 Å². The van der Waals surface area contributed by atoms with E-state index >= 15 is 0 Å². The van der Waals surface area contributed by atoms with Gasteiger partial charge in [-0.3, -0.25) is 9.78 Å². The quantitative estimate of drug-likeness (QED) is 0.0676. The number of nitrogens with zero attached hydrogens (tertiary/aromatic N) is 2. The predicted molar refractivity (Wildman–Crippen MR) is 204 cm³/mol. The molecule has 5 atom stereocenters. The first-order valence-electron chi connectivity index (χ1n) is 17.8. The van der Waals surface area contributed by atoms with Crippen molar-refractivity contribution < 1.29 is 32.7 Å². The zero-order chi connectivity index (χ0) is 38.8. The molecular formula is C40H49N4O9P. The van der Waals surface area contributed by atoms with Crippen molar-refractivity contribution in [1.29, 1.82) is 5.26 Å². The lowest BCUT2D eigenvalue weighted by atomic mass is 9.80. The van der Waals surface area contributed by atoms with E-state index in [-0.39, 0.29) is 37.3 Å². The highest BCUT2D eigenvalue weighted by Gasteiger charge is 2.51. The van der Waals surface area contributed by atoms with Gasteiger partial charge in [-0.1, -0.05) is 54.6 Å². The van der Waals surface area contributed by atoms with E-state index < -0.39 is 49.8 Å². The molecule has 0 saturated carbocycles. The van der Waals surface area contributed by atoms with Crippen molar-refractivity contribution in [2.75, 3.05) is 34.5 Å². The number of aromatic nitrogens is 2. The van der Waals surface area contributed by atoms with E-state index in [0.29, 0.717) is 11.5 Å². The zero-order valence-electron chi connectivity index (χ0n) is 31.7. The Hall–Kier alpha value is -4.38. The fourth-order valence-corrected chi connectivity index (χ4v) is 8.58. The smallest absolute Gasteiger partial charge is 0.325 e. The molecule has 14 heteroatoms. The molecule has 2 N–H and O–H groups in total. The first kappa shape index (κ1) is 40.8. The van der Waals surface area contributed by atoms with Crippen LogP contribution in [0, 0.1) is 11.3 Å². The first-order chi connectivity index (χ1) is 26.1. The Balaban J connectivity index is 1.64. The second-order valence-electron chi connectivity index (χ2n) is 13.3. The Bertz CT molecular complexity index is 1870.